The Morgan fingerprint density at radius 1 is 1.17 bits per heavy atom. The van der Waals surface area contributed by atoms with E-state index in [0.717, 1.165) is 0 Å². The lowest BCUT2D eigenvalue weighted by Crippen LogP contribution is -2.56. The molecule has 1 heterocycles. The van der Waals surface area contributed by atoms with Crippen LogP contribution in [0, 0.1) is 0 Å². The van der Waals surface area contributed by atoms with Crippen molar-refractivity contribution in [2.24, 2.45) is 0 Å². The average Bonchev–Trinajstić information content (AvgIpc) is 2.08. The minimum Gasteiger partial charge on any atom is -0.394 e. The fourth-order valence-electron chi connectivity index (χ4n) is 1.06. The van der Waals surface area contributed by atoms with Crippen LogP contribution in [0.25, 0.3) is 0 Å². The molecule has 5 atom stereocenters. The van der Waals surface area contributed by atoms with Gasteiger partial charge in [-0.15, -0.1) is 0 Å². The van der Waals surface area contributed by atoms with E-state index in [-0.39, 0.29) is 0 Å². The van der Waals surface area contributed by atoms with E-state index in [9.17, 15) is 4.39 Å². The lowest BCUT2D eigenvalue weighted by molar-refractivity contribution is -0.274. The Hall–Kier alpha value is -0.270. The highest BCUT2D eigenvalue weighted by Crippen LogP contribution is 2.21. The molecular formula is C6H11FO5. The van der Waals surface area contributed by atoms with Gasteiger partial charge in [0.15, 0.2) is 12.5 Å². The summed E-state index contributed by atoms with van der Waals surface area (Å²) in [7, 11) is 0. The van der Waals surface area contributed by atoms with Crippen LogP contribution in [0.4, 0.5) is 4.39 Å². The number of rotatable bonds is 1. The van der Waals surface area contributed by atoms with Crippen LogP contribution in [0.15, 0.2) is 0 Å². The number of aliphatic hydroxyl groups excluding tert-OH is 4. The molecule has 1 fully saturated rings. The zero-order valence-electron chi connectivity index (χ0n) is 6.17. The predicted octanol–water partition coefficient (Wildman–Crippen LogP) is -2.24. The lowest BCUT2D eigenvalue weighted by Gasteiger charge is -2.36. The molecule has 4 N–H and O–H groups in total. The fourth-order valence-corrected chi connectivity index (χ4v) is 1.06. The number of halogens is 1. The quantitative estimate of drug-likeness (QED) is 0.368. The van der Waals surface area contributed by atoms with Crippen molar-refractivity contribution >= 4 is 0 Å². The summed E-state index contributed by atoms with van der Waals surface area (Å²) in [4.78, 5) is 0. The summed E-state index contributed by atoms with van der Waals surface area (Å²) in [6.07, 6.45) is -8.19. The molecular weight excluding hydrogens is 171 g/mol. The molecule has 0 spiro atoms. The zero-order valence-corrected chi connectivity index (χ0v) is 6.17. The summed E-state index contributed by atoms with van der Waals surface area (Å²) in [5.74, 6) is 0. The van der Waals surface area contributed by atoms with Gasteiger partial charge in [-0.25, -0.2) is 4.39 Å². The van der Waals surface area contributed by atoms with Crippen LogP contribution in [-0.4, -0.2) is 57.8 Å². The second-order valence-electron chi connectivity index (χ2n) is 2.67. The van der Waals surface area contributed by atoms with Crippen LogP contribution < -0.4 is 0 Å². The van der Waals surface area contributed by atoms with Crippen LogP contribution in [0.5, 0.6) is 0 Å². The summed E-state index contributed by atoms with van der Waals surface area (Å²) >= 11 is 0. The van der Waals surface area contributed by atoms with E-state index in [0.29, 0.717) is 0 Å². The third-order valence-electron chi connectivity index (χ3n) is 1.82. The van der Waals surface area contributed by atoms with Gasteiger partial charge in [0.1, 0.15) is 18.3 Å². The first-order valence-electron chi connectivity index (χ1n) is 3.52. The van der Waals surface area contributed by atoms with Gasteiger partial charge in [0.25, 0.3) is 0 Å². The van der Waals surface area contributed by atoms with Gasteiger partial charge in [0.2, 0.25) is 0 Å². The molecule has 0 radical (unpaired) electrons. The first kappa shape index (κ1) is 9.82. The first-order valence-corrected chi connectivity index (χ1v) is 3.52. The fraction of sp³-hybridized carbons (Fsp3) is 1.00. The van der Waals surface area contributed by atoms with Crippen LogP contribution in [0.2, 0.25) is 0 Å². The highest BCUT2D eigenvalue weighted by atomic mass is 19.1. The smallest absolute Gasteiger partial charge is 0.184 e. The number of hydrogen-bond acceptors (Lipinski definition) is 5. The highest BCUT2D eigenvalue weighted by Gasteiger charge is 2.43. The standard InChI is InChI=1S/C6H11FO5/c7-3-2(1-8)12-6(11)5(10)4(3)9/h2-6,8-11H,1H2/t2-,3+,4+,5-,6+/m0/s1. The van der Waals surface area contributed by atoms with E-state index in [1.165, 1.54) is 0 Å². The summed E-state index contributed by atoms with van der Waals surface area (Å²) in [5.41, 5.74) is 0. The van der Waals surface area contributed by atoms with Crippen molar-refractivity contribution in [2.45, 2.75) is 30.8 Å². The van der Waals surface area contributed by atoms with E-state index in [1.54, 1.807) is 0 Å². The van der Waals surface area contributed by atoms with Crippen LogP contribution >= 0.6 is 0 Å². The highest BCUT2D eigenvalue weighted by molar-refractivity contribution is 4.88. The molecule has 0 aromatic heterocycles. The molecule has 0 aliphatic carbocycles. The van der Waals surface area contributed by atoms with Crippen molar-refractivity contribution in [1.29, 1.82) is 0 Å². The van der Waals surface area contributed by atoms with Gasteiger partial charge < -0.3 is 25.2 Å². The summed E-state index contributed by atoms with van der Waals surface area (Å²) in [5, 5.41) is 35.2. The predicted molar refractivity (Wildman–Crippen MR) is 34.9 cm³/mol. The second-order valence-corrected chi connectivity index (χ2v) is 2.67. The van der Waals surface area contributed by atoms with E-state index in [1.807, 2.05) is 0 Å². The Labute approximate surface area is 68.0 Å². The number of ether oxygens (including phenoxy) is 1. The van der Waals surface area contributed by atoms with Gasteiger partial charge in [-0.3, -0.25) is 0 Å². The molecule has 5 nitrogen and oxygen atoms in total. The van der Waals surface area contributed by atoms with Crippen molar-refractivity contribution in [2.75, 3.05) is 6.61 Å². The van der Waals surface area contributed by atoms with Crippen molar-refractivity contribution < 1.29 is 29.6 Å². The van der Waals surface area contributed by atoms with Crippen molar-refractivity contribution in [3.05, 3.63) is 0 Å². The molecule has 0 aromatic carbocycles. The third kappa shape index (κ3) is 1.57. The molecule has 1 rings (SSSR count). The monoisotopic (exact) mass is 182 g/mol. The molecule has 6 heteroatoms. The largest absolute Gasteiger partial charge is 0.394 e. The first-order chi connectivity index (χ1) is 5.57. The third-order valence-corrected chi connectivity index (χ3v) is 1.82. The molecule has 0 bridgehead atoms. The van der Waals surface area contributed by atoms with Crippen molar-refractivity contribution in [3.63, 3.8) is 0 Å². The Kier molecular flexibility index (Phi) is 2.97. The summed E-state index contributed by atoms with van der Waals surface area (Å²) in [6, 6.07) is 0. The molecule has 1 aliphatic heterocycles. The minimum absolute atomic E-state index is 0.651. The SMILES string of the molecule is OC[C@@H]1O[C@@H](O)[C@@H](O)[C@H](O)[C@@H]1F. The van der Waals surface area contributed by atoms with E-state index >= 15 is 0 Å². The molecule has 12 heavy (non-hydrogen) atoms. The maximum Gasteiger partial charge on any atom is 0.184 e. The van der Waals surface area contributed by atoms with Crippen molar-refractivity contribution in [3.8, 4) is 0 Å². The number of alkyl halides is 1. The van der Waals surface area contributed by atoms with Gasteiger partial charge in [-0.05, 0) is 0 Å². The molecule has 0 aromatic rings. The normalized spacial score (nSPS) is 49.2. The molecule has 1 saturated heterocycles. The summed E-state index contributed by atoms with van der Waals surface area (Å²) in [6.45, 7) is -0.651. The molecule has 72 valence electrons. The Morgan fingerprint density at radius 2 is 1.75 bits per heavy atom. The Balaban J connectivity index is 2.63. The molecule has 0 unspecified atom stereocenters. The summed E-state index contributed by atoms with van der Waals surface area (Å²) < 4.78 is 17.3. The zero-order chi connectivity index (χ0) is 9.30. The molecule has 0 amide bonds. The number of hydrogen-bond donors (Lipinski definition) is 4. The van der Waals surface area contributed by atoms with E-state index in [4.69, 9.17) is 20.4 Å². The molecule has 0 saturated carbocycles. The van der Waals surface area contributed by atoms with E-state index < -0.39 is 37.4 Å². The van der Waals surface area contributed by atoms with Crippen LogP contribution in [0.1, 0.15) is 0 Å². The Bertz CT molecular complexity index is 150. The van der Waals surface area contributed by atoms with Gasteiger partial charge in [-0.1, -0.05) is 0 Å². The number of aliphatic hydroxyl groups is 4. The average molecular weight is 182 g/mol. The topological polar surface area (TPSA) is 90.2 Å². The van der Waals surface area contributed by atoms with Crippen LogP contribution in [-0.2, 0) is 4.74 Å². The Morgan fingerprint density at radius 3 is 2.25 bits per heavy atom. The second kappa shape index (κ2) is 3.63. The molecule has 1 aliphatic rings. The van der Waals surface area contributed by atoms with Gasteiger partial charge in [0.05, 0.1) is 6.61 Å². The van der Waals surface area contributed by atoms with Gasteiger partial charge in [-0.2, -0.15) is 0 Å². The minimum atomic E-state index is -1.88. The van der Waals surface area contributed by atoms with Gasteiger partial charge in [0, 0.05) is 0 Å². The van der Waals surface area contributed by atoms with E-state index in [2.05, 4.69) is 4.74 Å². The van der Waals surface area contributed by atoms with Gasteiger partial charge >= 0.3 is 0 Å². The maximum atomic E-state index is 12.9. The lowest BCUT2D eigenvalue weighted by atomic mass is 10.0. The maximum absolute atomic E-state index is 12.9. The van der Waals surface area contributed by atoms with Crippen LogP contribution in [0.3, 0.4) is 0 Å². The van der Waals surface area contributed by atoms with Crippen molar-refractivity contribution in [1.82, 2.24) is 0 Å².